The zero-order chi connectivity index (χ0) is 11.2. The number of hydrogen-bond acceptors (Lipinski definition) is 2. The Balaban J connectivity index is 2.18. The first kappa shape index (κ1) is 11.4. The molecule has 2 rings (SSSR count). The van der Waals surface area contributed by atoms with Gasteiger partial charge in [-0.2, -0.15) is 0 Å². The highest BCUT2D eigenvalue weighted by Gasteiger charge is 2.04. The fourth-order valence-corrected chi connectivity index (χ4v) is 2.62. The molecule has 0 bridgehead atoms. The van der Waals surface area contributed by atoms with E-state index in [2.05, 4.69) is 41.8 Å². The summed E-state index contributed by atoms with van der Waals surface area (Å²) in [5.74, 6) is 0. The number of aryl methyl sites for hydroxylation is 1. The van der Waals surface area contributed by atoms with Crippen LogP contribution in [0, 0.1) is 0 Å². The zero-order valence-electron chi connectivity index (χ0n) is 9.23. The summed E-state index contributed by atoms with van der Waals surface area (Å²) in [6.45, 7) is 0.293. The second-order valence-corrected chi connectivity index (χ2v) is 4.76. The van der Waals surface area contributed by atoms with Crippen molar-refractivity contribution in [1.29, 1.82) is 0 Å². The monoisotopic (exact) mass is 232 g/mol. The Bertz CT molecular complexity index is 420. The second kappa shape index (κ2) is 5.83. The Hall–Kier alpha value is -1.12. The Morgan fingerprint density at radius 1 is 1.00 bits per heavy atom. The van der Waals surface area contributed by atoms with Crippen molar-refractivity contribution in [2.24, 2.45) is 0 Å². The van der Waals surface area contributed by atoms with Gasteiger partial charge >= 0.3 is 0 Å². The maximum Gasteiger partial charge on any atom is 0.0431 e. The molecule has 0 aliphatic carbocycles. The molecule has 1 N–H and O–H groups in total. The van der Waals surface area contributed by atoms with Crippen LogP contribution in [0.25, 0.3) is 10.4 Å². The van der Waals surface area contributed by atoms with Crippen LogP contribution in [-0.2, 0) is 6.42 Å². The normalized spacial score (nSPS) is 10.6. The third-order valence-electron chi connectivity index (χ3n) is 2.66. The van der Waals surface area contributed by atoms with Gasteiger partial charge in [0.25, 0.3) is 0 Å². The minimum Gasteiger partial charge on any atom is -0.396 e. The third-order valence-corrected chi connectivity index (χ3v) is 3.56. The molecule has 0 aliphatic rings. The molecule has 0 saturated carbocycles. The van der Waals surface area contributed by atoms with Crippen molar-refractivity contribution in [2.75, 3.05) is 6.61 Å². The van der Waals surface area contributed by atoms with E-state index >= 15 is 0 Å². The highest BCUT2D eigenvalue weighted by molar-refractivity contribution is 7.13. The molecule has 1 heterocycles. The zero-order valence-corrected chi connectivity index (χ0v) is 10.0. The van der Waals surface area contributed by atoms with Crippen molar-refractivity contribution >= 4 is 11.3 Å². The molecule has 84 valence electrons. The molecule has 0 unspecified atom stereocenters. The summed E-state index contributed by atoms with van der Waals surface area (Å²) >= 11 is 1.78. The van der Waals surface area contributed by atoms with Crippen molar-refractivity contribution in [3.05, 3.63) is 47.3 Å². The van der Waals surface area contributed by atoms with Gasteiger partial charge < -0.3 is 5.11 Å². The minimum atomic E-state index is 0.293. The first-order chi connectivity index (χ1) is 7.92. The second-order valence-electron chi connectivity index (χ2n) is 3.82. The summed E-state index contributed by atoms with van der Waals surface area (Å²) in [7, 11) is 0. The van der Waals surface area contributed by atoms with Crippen molar-refractivity contribution < 1.29 is 5.11 Å². The lowest BCUT2D eigenvalue weighted by molar-refractivity contribution is 0.284. The number of unbranched alkanes of at least 4 members (excludes halogenated alkanes) is 1. The smallest absolute Gasteiger partial charge is 0.0431 e. The predicted molar refractivity (Wildman–Crippen MR) is 69.8 cm³/mol. The van der Waals surface area contributed by atoms with Crippen molar-refractivity contribution in [3.63, 3.8) is 0 Å². The molecule has 16 heavy (non-hydrogen) atoms. The van der Waals surface area contributed by atoms with Crippen LogP contribution in [0.5, 0.6) is 0 Å². The largest absolute Gasteiger partial charge is 0.396 e. The van der Waals surface area contributed by atoms with Gasteiger partial charge in [0.15, 0.2) is 0 Å². The first-order valence-corrected chi connectivity index (χ1v) is 6.52. The van der Waals surface area contributed by atoms with Gasteiger partial charge in [-0.25, -0.2) is 0 Å². The van der Waals surface area contributed by atoms with Gasteiger partial charge in [-0.3, -0.25) is 0 Å². The van der Waals surface area contributed by atoms with E-state index in [0.717, 1.165) is 19.3 Å². The number of aliphatic hydroxyl groups excluding tert-OH is 1. The fourth-order valence-electron chi connectivity index (χ4n) is 1.84. The van der Waals surface area contributed by atoms with Crippen LogP contribution >= 0.6 is 11.3 Å². The van der Waals surface area contributed by atoms with Gasteiger partial charge in [0.05, 0.1) is 0 Å². The summed E-state index contributed by atoms with van der Waals surface area (Å²) in [6, 6.07) is 12.8. The molecule has 2 heteroatoms. The van der Waals surface area contributed by atoms with E-state index in [1.165, 1.54) is 16.0 Å². The molecule has 1 aromatic heterocycles. The van der Waals surface area contributed by atoms with Crippen LogP contribution in [0.1, 0.15) is 18.4 Å². The summed E-state index contributed by atoms with van der Waals surface area (Å²) in [5.41, 5.74) is 2.73. The highest BCUT2D eigenvalue weighted by atomic mass is 32.1. The van der Waals surface area contributed by atoms with Crippen LogP contribution in [0.2, 0.25) is 0 Å². The molecule has 1 nitrogen and oxygen atoms in total. The van der Waals surface area contributed by atoms with Gasteiger partial charge in [-0.1, -0.05) is 30.3 Å². The Morgan fingerprint density at radius 3 is 2.62 bits per heavy atom. The molecule has 0 atom stereocenters. The van der Waals surface area contributed by atoms with E-state index in [1.54, 1.807) is 11.3 Å². The molecule has 0 radical (unpaired) electrons. The minimum absolute atomic E-state index is 0.293. The van der Waals surface area contributed by atoms with E-state index in [-0.39, 0.29) is 0 Å². The van der Waals surface area contributed by atoms with E-state index in [1.807, 2.05) is 0 Å². The lowest BCUT2D eigenvalue weighted by Gasteiger charge is -2.07. The number of rotatable bonds is 5. The van der Waals surface area contributed by atoms with Crippen molar-refractivity contribution in [1.82, 2.24) is 0 Å². The van der Waals surface area contributed by atoms with Gasteiger partial charge in [-0.15, -0.1) is 11.3 Å². The van der Waals surface area contributed by atoms with E-state index in [0.29, 0.717) is 6.61 Å². The number of aliphatic hydroxyl groups is 1. The van der Waals surface area contributed by atoms with E-state index < -0.39 is 0 Å². The van der Waals surface area contributed by atoms with E-state index in [9.17, 15) is 0 Å². The maximum atomic E-state index is 8.80. The molecule has 0 spiro atoms. The Labute approximate surface area is 100 Å². The molecular weight excluding hydrogens is 216 g/mol. The van der Waals surface area contributed by atoms with E-state index in [4.69, 9.17) is 5.11 Å². The molecule has 0 fully saturated rings. The fraction of sp³-hybridized carbons (Fsp3) is 0.286. The molecule has 0 aliphatic heterocycles. The SMILES string of the molecule is OCCCCc1ccccc1-c1cccs1. The molecular formula is C14H16OS. The molecule has 0 amide bonds. The quantitative estimate of drug-likeness (QED) is 0.779. The van der Waals surface area contributed by atoms with Gasteiger partial charge in [-0.05, 0) is 41.8 Å². The van der Waals surface area contributed by atoms with Crippen molar-refractivity contribution in [2.45, 2.75) is 19.3 Å². The lowest BCUT2D eigenvalue weighted by Crippen LogP contribution is -1.91. The molecule has 0 saturated heterocycles. The maximum absolute atomic E-state index is 8.80. The van der Waals surface area contributed by atoms with Gasteiger partial charge in [0.2, 0.25) is 0 Å². The van der Waals surface area contributed by atoms with Crippen LogP contribution in [0.3, 0.4) is 0 Å². The van der Waals surface area contributed by atoms with Crippen LogP contribution in [-0.4, -0.2) is 11.7 Å². The molecule has 2 aromatic rings. The summed E-state index contributed by atoms with van der Waals surface area (Å²) in [5, 5.41) is 10.9. The Kier molecular flexibility index (Phi) is 4.14. The number of thiophene rings is 1. The van der Waals surface area contributed by atoms with Crippen LogP contribution in [0.15, 0.2) is 41.8 Å². The van der Waals surface area contributed by atoms with Crippen LogP contribution in [0.4, 0.5) is 0 Å². The third kappa shape index (κ3) is 2.71. The van der Waals surface area contributed by atoms with Gasteiger partial charge in [0, 0.05) is 11.5 Å². The topological polar surface area (TPSA) is 20.2 Å². The lowest BCUT2D eigenvalue weighted by atomic mass is 10.0. The Morgan fingerprint density at radius 2 is 1.88 bits per heavy atom. The summed E-state index contributed by atoms with van der Waals surface area (Å²) < 4.78 is 0. The number of benzene rings is 1. The summed E-state index contributed by atoms with van der Waals surface area (Å²) in [4.78, 5) is 1.33. The predicted octanol–water partition coefficient (Wildman–Crippen LogP) is 3.73. The van der Waals surface area contributed by atoms with Crippen LogP contribution < -0.4 is 0 Å². The highest BCUT2D eigenvalue weighted by Crippen LogP contribution is 2.28. The molecule has 1 aromatic carbocycles. The standard InChI is InChI=1S/C14H16OS/c15-10-4-3-7-12-6-1-2-8-13(12)14-9-5-11-16-14/h1-2,5-6,8-9,11,15H,3-4,7,10H2. The average Bonchev–Trinajstić information content (AvgIpc) is 2.83. The average molecular weight is 232 g/mol. The number of hydrogen-bond donors (Lipinski definition) is 1. The first-order valence-electron chi connectivity index (χ1n) is 5.64. The van der Waals surface area contributed by atoms with Gasteiger partial charge in [0.1, 0.15) is 0 Å². The summed E-state index contributed by atoms with van der Waals surface area (Å²) in [6.07, 6.45) is 2.99. The van der Waals surface area contributed by atoms with Crippen molar-refractivity contribution in [3.8, 4) is 10.4 Å².